The summed E-state index contributed by atoms with van der Waals surface area (Å²) in [7, 11) is 0. The van der Waals surface area contributed by atoms with Crippen molar-refractivity contribution in [1.29, 1.82) is 0 Å². The second-order valence-electron chi connectivity index (χ2n) is 6.49. The standard InChI is InChI=1S/C12H21O2PS/c1-15(13,16)14-8-12-5-9-2-10(6-12)4-11(3-9)7-12/h9-11H,2-8H2,1H3,(H,13,16)/t9-,10+,11-,12?,15-/m0/s1. The number of rotatable bonds is 3. The minimum absolute atomic E-state index is 0.364. The van der Waals surface area contributed by atoms with Crippen LogP contribution in [0.4, 0.5) is 0 Å². The highest BCUT2D eigenvalue weighted by Gasteiger charge is 2.51. The summed E-state index contributed by atoms with van der Waals surface area (Å²) in [5.74, 6) is 2.81. The molecule has 4 aliphatic rings. The van der Waals surface area contributed by atoms with Crippen LogP contribution in [0.1, 0.15) is 38.5 Å². The zero-order chi connectivity index (χ0) is 11.4. The molecule has 4 bridgehead atoms. The molecule has 0 unspecified atom stereocenters. The monoisotopic (exact) mass is 260 g/mol. The van der Waals surface area contributed by atoms with E-state index in [0.29, 0.717) is 12.0 Å². The Morgan fingerprint density at radius 2 is 1.62 bits per heavy atom. The fourth-order valence-electron chi connectivity index (χ4n) is 4.72. The minimum atomic E-state index is -2.59. The Morgan fingerprint density at radius 3 is 2.00 bits per heavy atom. The smallest absolute Gasteiger partial charge is 0.251 e. The van der Waals surface area contributed by atoms with Gasteiger partial charge in [-0.3, -0.25) is 4.57 Å². The molecule has 2 nitrogen and oxygen atoms in total. The van der Waals surface area contributed by atoms with E-state index in [2.05, 4.69) is 12.2 Å². The molecule has 0 radical (unpaired) electrons. The van der Waals surface area contributed by atoms with Crippen molar-refractivity contribution < 1.29 is 9.09 Å². The first-order valence-corrected chi connectivity index (χ1v) is 9.61. The lowest BCUT2D eigenvalue weighted by atomic mass is 9.50. The molecule has 16 heavy (non-hydrogen) atoms. The van der Waals surface area contributed by atoms with Crippen LogP contribution in [0.15, 0.2) is 0 Å². The van der Waals surface area contributed by atoms with Crippen molar-refractivity contribution in [2.24, 2.45) is 23.2 Å². The molecule has 0 spiro atoms. The summed E-state index contributed by atoms with van der Waals surface area (Å²) in [6, 6.07) is 0. The first-order valence-electron chi connectivity index (χ1n) is 6.39. The molecular weight excluding hydrogens is 239 g/mol. The first kappa shape index (κ1) is 11.6. The maximum absolute atomic E-state index is 11.5. The van der Waals surface area contributed by atoms with E-state index in [9.17, 15) is 4.57 Å². The molecule has 4 heteroatoms. The van der Waals surface area contributed by atoms with Crippen molar-refractivity contribution in [1.82, 2.24) is 0 Å². The van der Waals surface area contributed by atoms with Crippen LogP contribution in [0.3, 0.4) is 0 Å². The lowest BCUT2D eigenvalue weighted by molar-refractivity contribution is -0.0735. The van der Waals surface area contributed by atoms with Crippen molar-refractivity contribution in [3.63, 3.8) is 0 Å². The van der Waals surface area contributed by atoms with Crippen molar-refractivity contribution >= 4 is 18.8 Å². The van der Waals surface area contributed by atoms with Gasteiger partial charge in [-0.2, -0.15) is 0 Å². The Morgan fingerprint density at radius 1 is 1.19 bits per heavy atom. The predicted octanol–water partition coefficient (Wildman–Crippen LogP) is 3.97. The number of hydrogen-bond donors (Lipinski definition) is 1. The Hall–Kier alpha value is 0.540. The van der Waals surface area contributed by atoms with Gasteiger partial charge in [0.2, 0.25) is 0 Å². The van der Waals surface area contributed by atoms with E-state index in [1.54, 1.807) is 6.66 Å². The van der Waals surface area contributed by atoms with Gasteiger partial charge in [0.25, 0.3) is 6.57 Å². The van der Waals surface area contributed by atoms with Gasteiger partial charge < -0.3 is 4.52 Å². The third-order valence-electron chi connectivity index (χ3n) is 4.78. The summed E-state index contributed by atoms with van der Waals surface area (Å²) >= 11 is 4.04. The average Bonchev–Trinajstić information content (AvgIpc) is 2.11. The highest BCUT2D eigenvalue weighted by atomic mass is 32.7. The first-order chi connectivity index (χ1) is 7.44. The van der Waals surface area contributed by atoms with E-state index >= 15 is 0 Å². The fourth-order valence-corrected chi connectivity index (χ4v) is 5.41. The van der Waals surface area contributed by atoms with Crippen molar-refractivity contribution in [3.05, 3.63) is 0 Å². The van der Waals surface area contributed by atoms with Crippen LogP contribution < -0.4 is 0 Å². The molecule has 0 aliphatic heterocycles. The van der Waals surface area contributed by atoms with Crippen molar-refractivity contribution in [3.8, 4) is 0 Å². The van der Waals surface area contributed by atoms with Crippen LogP contribution >= 0.6 is 18.8 Å². The third kappa shape index (κ3) is 2.23. The molecule has 4 fully saturated rings. The van der Waals surface area contributed by atoms with E-state index in [0.717, 1.165) is 17.8 Å². The van der Waals surface area contributed by atoms with E-state index < -0.39 is 6.57 Å². The average molecular weight is 260 g/mol. The van der Waals surface area contributed by atoms with Crippen LogP contribution in [-0.2, 0) is 9.09 Å². The Bertz CT molecular complexity index is 301. The lowest BCUT2D eigenvalue weighted by Crippen LogP contribution is -2.48. The molecule has 0 heterocycles. The summed E-state index contributed by atoms with van der Waals surface area (Å²) in [5, 5.41) is 0. The molecule has 4 saturated carbocycles. The van der Waals surface area contributed by atoms with Crippen LogP contribution in [0, 0.1) is 23.2 Å². The molecular formula is C12H21O2PS. The van der Waals surface area contributed by atoms with Crippen LogP contribution in [0.2, 0.25) is 0 Å². The van der Waals surface area contributed by atoms with Gasteiger partial charge in [-0.1, -0.05) is 12.2 Å². The molecule has 4 aliphatic carbocycles. The minimum Gasteiger partial charge on any atom is -0.321 e. The SMILES string of the molecule is C[P@@](=O)(S)OCC12C[C@H]3C[C@@H](C1)C[C@@H](C2)C3. The third-order valence-corrected chi connectivity index (χ3v) is 5.73. The van der Waals surface area contributed by atoms with E-state index in [4.69, 9.17) is 4.52 Å². The second kappa shape index (κ2) is 3.76. The zero-order valence-corrected chi connectivity index (χ0v) is 11.7. The number of thiol groups is 1. The van der Waals surface area contributed by atoms with Gasteiger partial charge in [0, 0.05) is 6.66 Å². The van der Waals surface area contributed by atoms with Gasteiger partial charge in [-0.15, -0.1) is 0 Å². The predicted molar refractivity (Wildman–Crippen MR) is 69.1 cm³/mol. The van der Waals surface area contributed by atoms with Crippen LogP contribution in [0.25, 0.3) is 0 Å². The molecule has 92 valence electrons. The quantitative estimate of drug-likeness (QED) is 0.614. The highest BCUT2D eigenvalue weighted by Crippen LogP contribution is 2.61. The Kier molecular flexibility index (Phi) is 2.73. The Labute approximate surface area is 103 Å². The van der Waals surface area contributed by atoms with Gasteiger partial charge in [0.1, 0.15) is 0 Å². The molecule has 1 atom stereocenters. The molecule has 0 aromatic rings. The van der Waals surface area contributed by atoms with E-state index in [-0.39, 0.29) is 0 Å². The second-order valence-corrected chi connectivity index (χ2v) is 10.5. The molecule has 4 rings (SSSR count). The molecule has 0 aromatic carbocycles. The van der Waals surface area contributed by atoms with Crippen molar-refractivity contribution in [2.45, 2.75) is 38.5 Å². The maximum atomic E-state index is 11.5. The Balaban J connectivity index is 1.71. The zero-order valence-electron chi connectivity index (χ0n) is 9.89. The van der Waals surface area contributed by atoms with E-state index in [1.807, 2.05) is 0 Å². The van der Waals surface area contributed by atoms with Crippen LogP contribution in [-0.4, -0.2) is 13.3 Å². The summed E-state index contributed by atoms with van der Waals surface area (Å²) in [6.45, 7) is -0.298. The lowest BCUT2D eigenvalue weighted by Gasteiger charge is -2.56. The van der Waals surface area contributed by atoms with Crippen molar-refractivity contribution in [2.75, 3.05) is 13.3 Å². The summed E-state index contributed by atoms with van der Waals surface area (Å²) in [4.78, 5) is 0. The highest BCUT2D eigenvalue weighted by molar-refractivity contribution is 8.46. The molecule has 0 saturated heterocycles. The fraction of sp³-hybridized carbons (Fsp3) is 1.00. The van der Waals surface area contributed by atoms with Gasteiger partial charge in [0.05, 0.1) is 6.61 Å². The summed E-state index contributed by atoms with van der Waals surface area (Å²) in [5.41, 5.74) is 0.364. The number of hydrogen-bond acceptors (Lipinski definition) is 2. The van der Waals surface area contributed by atoms with Crippen LogP contribution in [0.5, 0.6) is 0 Å². The topological polar surface area (TPSA) is 26.3 Å². The van der Waals surface area contributed by atoms with Gasteiger partial charge in [0.15, 0.2) is 0 Å². The largest absolute Gasteiger partial charge is 0.321 e. The van der Waals surface area contributed by atoms with Gasteiger partial charge >= 0.3 is 0 Å². The maximum Gasteiger partial charge on any atom is 0.251 e. The molecule has 0 N–H and O–H groups in total. The summed E-state index contributed by atoms with van der Waals surface area (Å²) < 4.78 is 17.1. The van der Waals surface area contributed by atoms with Gasteiger partial charge in [-0.05, 0) is 61.7 Å². The normalized spacial score (nSPS) is 49.2. The van der Waals surface area contributed by atoms with E-state index in [1.165, 1.54) is 38.5 Å². The molecule has 0 amide bonds. The van der Waals surface area contributed by atoms with Gasteiger partial charge in [-0.25, -0.2) is 0 Å². The summed E-state index contributed by atoms with van der Waals surface area (Å²) in [6.07, 6.45) is 8.28. The molecule has 0 aromatic heterocycles.